The number of nitrogens with zero attached hydrogens (tertiary/aromatic N) is 5. The van der Waals surface area contributed by atoms with E-state index in [1.807, 2.05) is 30.3 Å². The lowest BCUT2D eigenvalue weighted by molar-refractivity contribution is 0.280. The van der Waals surface area contributed by atoms with Crippen molar-refractivity contribution in [2.75, 3.05) is 5.73 Å². The summed E-state index contributed by atoms with van der Waals surface area (Å²) in [6.07, 6.45) is 4.93. The number of hydrogen-bond acceptors (Lipinski definition) is 6. The SMILES string of the molecule is Nc1nc(OCc2ccccc2)nc(-n2ccnc2)n1. The minimum absolute atomic E-state index is 0.103. The van der Waals surface area contributed by atoms with E-state index < -0.39 is 0 Å². The first-order valence-electron chi connectivity index (χ1n) is 5.98. The van der Waals surface area contributed by atoms with E-state index in [1.54, 1.807) is 23.3 Å². The van der Waals surface area contributed by atoms with Crippen molar-refractivity contribution >= 4 is 5.95 Å². The number of nitrogen functional groups attached to an aromatic ring is 1. The molecule has 0 aliphatic rings. The fourth-order valence-electron chi connectivity index (χ4n) is 1.64. The van der Waals surface area contributed by atoms with E-state index in [2.05, 4.69) is 19.9 Å². The molecule has 0 saturated carbocycles. The topological polar surface area (TPSA) is 91.7 Å². The van der Waals surface area contributed by atoms with Crippen LogP contribution >= 0.6 is 0 Å². The van der Waals surface area contributed by atoms with Crippen molar-refractivity contribution in [3.63, 3.8) is 0 Å². The van der Waals surface area contributed by atoms with Crippen LogP contribution in [-0.2, 0) is 6.61 Å². The zero-order valence-corrected chi connectivity index (χ0v) is 10.5. The maximum absolute atomic E-state index is 5.66. The summed E-state index contributed by atoms with van der Waals surface area (Å²) in [4.78, 5) is 16.1. The second-order valence-corrected chi connectivity index (χ2v) is 4.02. The number of hydrogen-bond donors (Lipinski definition) is 1. The van der Waals surface area contributed by atoms with Gasteiger partial charge < -0.3 is 10.5 Å². The molecule has 1 aromatic carbocycles. The Labute approximate surface area is 115 Å². The van der Waals surface area contributed by atoms with Crippen LogP contribution in [-0.4, -0.2) is 24.5 Å². The van der Waals surface area contributed by atoms with Crippen LogP contribution in [0.25, 0.3) is 5.95 Å². The standard InChI is InChI=1S/C13H12N6O/c14-11-16-12(19-7-6-15-9-19)18-13(17-11)20-8-10-4-2-1-3-5-10/h1-7,9H,8H2,(H2,14,16,17,18). The first-order chi connectivity index (χ1) is 9.81. The summed E-state index contributed by atoms with van der Waals surface area (Å²) >= 11 is 0. The van der Waals surface area contributed by atoms with Crippen LogP contribution in [0.1, 0.15) is 5.56 Å². The predicted octanol–water partition coefficient (Wildman–Crippen LogP) is 1.22. The highest BCUT2D eigenvalue weighted by Gasteiger charge is 2.07. The fraction of sp³-hybridized carbons (Fsp3) is 0.0769. The Hall–Kier alpha value is -2.96. The Morgan fingerprint density at radius 3 is 2.70 bits per heavy atom. The molecule has 0 unspecified atom stereocenters. The zero-order valence-electron chi connectivity index (χ0n) is 10.5. The smallest absolute Gasteiger partial charge is 0.323 e. The molecular weight excluding hydrogens is 256 g/mol. The fourth-order valence-corrected chi connectivity index (χ4v) is 1.64. The molecule has 0 amide bonds. The third-order valence-electron chi connectivity index (χ3n) is 2.57. The van der Waals surface area contributed by atoms with E-state index in [-0.39, 0.29) is 12.0 Å². The molecule has 2 aromatic heterocycles. The number of aromatic nitrogens is 5. The number of imidazole rings is 1. The quantitative estimate of drug-likeness (QED) is 0.764. The molecule has 0 fully saturated rings. The second kappa shape index (κ2) is 5.35. The summed E-state index contributed by atoms with van der Waals surface area (Å²) < 4.78 is 7.17. The Morgan fingerprint density at radius 1 is 1.10 bits per heavy atom. The van der Waals surface area contributed by atoms with Crippen LogP contribution in [0, 0.1) is 0 Å². The van der Waals surface area contributed by atoms with Crippen molar-refractivity contribution in [3.8, 4) is 12.0 Å². The number of ether oxygens (including phenoxy) is 1. The molecule has 0 atom stereocenters. The van der Waals surface area contributed by atoms with Crippen molar-refractivity contribution in [2.24, 2.45) is 0 Å². The zero-order chi connectivity index (χ0) is 13.8. The maximum atomic E-state index is 5.66. The first kappa shape index (κ1) is 12.1. The Balaban J connectivity index is 1.80. The lowest BCUT2D eigenvalue weighted by atomic mass is 10.2. The molecule has 0 bridgehead atoms. The van der Waals surface area contributed by atoms with Crippen molar-refractivity contribution in [1.82, 2.24) is 24.5 Å². The summed E-state index contributed by atoms with van der Waals surface area (Å²) in [5, 5.41) is 0. The Bertz CT molecular complexity index is 683. The molecule has 0 saturated heterocycles. The van der Waals surface area contributed by atoms with Crippen molar-refractivity contribution in [1.29, 1.82) is 0 Å². The van der Waals surface area contributed by atoms with Gasteiger partial charge in [-0.25, -0.2) is 4.98 Å². The van der Waals surface area contributed by atoms with E-state index in [9.17, 15) is 0 Å². The van der Waals surface area contributed by atoms with Gasteiger partial charge in [-0.05, 0) is 5.56 Å². The average Bonchev–Trinajstić information content (AvgIpc) is 3.00. The first-order valence-corrected chi connectivity index (χ1v) is 5.98. The molecule has 3 rings (SSSR count). The van der Waals surface area contributed by atoms with Crippen LogP contribution in [0.3, 0.4) is 0 Å². The van der Waals surface area contributed by atoms with Gasteiger partial charge >= 0.3 is 6.01 Å². The van der Waals surface area contributed by atoms with Gasteiger partial charge in [-0.2, -0.15) is 15.0 Å². The van der Waals surface area contributed by atoms with Gasteiger partial charge in [0.15, 0.2) is 0 Å². The number of benzene rings is 1. The van der Waals surface area contributed by atoms with Gasteiger partial charge in [-0.15, -0.1) is 0 Å². The molecule has 0 aliphatic heterocycles. The molecule has 7 nitrogen and oxygen atoms in total. The molecule has 0 radical (unpaired) electrons. The van der Waals surface area contributed by atoms with E-state index >= 15 is 0 Å². The molecule has 20 heavy (non-hydrogen) atoms. The summed E-state index contributed by atoms with van der Waals surface area (Å²) in [6, 6.07) is 9.93. The van der Waals surface area contributed by atoms with Gasteiger partial charge in [-0.3, -0.25) is 4.57 Å². The van der Waals surface area contributed by atoms with E-state index in [0.717, 1.165) is 5.56 Å². The number of anilines is 1. The number of nitrogens with two attached hydrogens (primary N) is 1. The summed E-state index contributed by atoms with van der Waals surface area (Å²) in [5.41, 5.74) is 6.68. The number of rotatable bonds is 4. The lowest BCUT2D eigenvalue weighted by Gasteiger charge is -2.06. The van der Waals surface area contributed by atoms with Gasteiger partial charge in [-0.1, -0.05) is 30.3 Å². The average molecular weight is 268 g/mol. The highest BCUT2D eigenvalue weighted by molar-refractivity contribution is 5.25. The summed E-state index contributed by atoms with van der Waals surface area (Å²) in [7, 11) is 0. The predicted molar refractivity (Wildman–Crippen MR) is 72.1 cm³/mol. The van der Waals surface area contributed by atoms with Crippen LogP contribution < -0.4 is 10.5 Å². The van der Waals surface area contributed by atoms with Gasteiger partial charge in [0.25, 0.3) is 0 Å². The van der Waals surface area contributed by atoms with Gasteiger partial charge in [0, 0.05) is 12.4 Å². The van der Waals surface area contributed by atoms with Crippen LogP contribution in [0.4, 0.5) is 5.95 Å². The van der Waals surface area contributed by atoms with Crippen LogP contribution in [0.5, 0.6) is 6.01 Å². The molecule has 0 spiro atoms. The third-order valence-corrected chi connectivity index (χ3v) is 2.57. The Kier molecular flexibility index (Phi) is 3.24. The monoisotopic (exact) mass is 268 g/mol. The molecule has 7 heteroatoms. The highest BCUT2D eigenvalue weighted by Crippen LogP contribution is 2.10. The van der Waals surface area contributed by atoms with Crippen molar-refractivity contribution in [3.05, 3.63) is 54.6 Å². The van der Waals surface area contributed by atoms with Gasteiger partial charge in [0.1, 0.15) is 12.9 Å². The lowest BCUT2D eigenvalue weighted by Crippen LogP contribution is -2.08. The van der Waals surface area contributed by atoms with Crippen molar-refractivity contribution < 1.29 is 4.74 Å². The molecule has 3 aromatic rings. The largest absolute Gasteiger partial charge is 0.458 e. The summed E-state index contributed by atoms with van der Waals surface area (Å²) in [6.45, 7) is 0.369. The van der Waals surface area contributed by atoms with Crippen LogP contribution in [0.2, 0.25) is 0 Å². The van der Waals surface area contributed by atoms with E-state index in [1.165, 1.54) is 0 Å². The normalized spacial score (nSPS) is 10.4. The second-order valence-electron chi connectivity index (χ2n) is 4.02. The minimum atomic E-state index is 0.103. The minimum Gasteiger partial charge on any atom is -0.458 e. The molecule has 2 heterocycles. The van der Waals surface area contributed by atoms with E-state index in [0.29, 0.717) is 12.6 Å². The summed E-state index contributed by atoms with van der Waals surface area (Å²) in [5.74, 6) is 0.477. The van der Waals surface area contributed by atoms with Gasteiger partial charge in [0.05, 0.1) is 0 Å². The Morgan fingerprint density at radius 2 is 1.95 bits per heavy atom. The highest BCUT2D eigenvalue weighted by atomic mass is 16.5. The third kappa shape index (κ3) is 2.72. The molecule has 100 valence electrons. The van der Waals surface area contributed by atoms with Crippen LogP contribution in [0.15, 0.2) is 49.1 Å². The molecular formula is C13H12N6O. The van der Waals surface area contributed by atoms with Crippen molar-refractivity contribution in [2.45, 2.75) is 6.61 Å². The molecule has 0 aliphatic carbocycles. The van der Waals surface area contributed by atoms with Gasteiger partial charge in [0.2, 0.25) is 11.9 Å². The molecule has 2 N–H and O–H groups in total. The van der Waals surface area contributed by atoms with E-state index in [4.69, 9.17) is 10.5 Å². The maximum Gasteiger partial charge on any atom is 0.323 e.